The highest BCUT2D eigenvalue weighted by molar-refractivity contribution is 7.61. The Labute approximate surface area is 119 Å². The summed E-state index contributed by atoms with van der Waals surface area (Å²) in [6.07, 6.45) is 0. The summed E-state index contributed by atoms with van der Waals surface area (Å²) < 4.78 is 20.4. The van der Waals surface area contributed by atoms with Gasteiger partial charge in [-0.2, -0.15) is 5.10 Å². The lowest BCUT2D eigenvalue weighted by molar-refractivity contribution is 0.0717. The van der Waals surface area contributed by atoms with E-state index in [1.807, 2.05) is 48.8 Å². The first-order valence-corrected chi connectivity index (χ1v) is 8.31. The number of hydrogen-bond donors (Lipinski definition) is 2. The fourth-order valence-electron chi connectivity index (χ4n) is 1.85. The molecular formula is C13H21N4O2P. The third kappa shape index (κ3) is 4.07. The van der Waals surface area contributed by atoms with Gasteiger partial charge >= 0.3 is 7.59 Å². The van der Waals surface area contributed by atoms with Gasteiger partial charge in [-0.3, -0.25) is 4.57 Å². The van der Waals surface area contributed by atoms with Crippen LogP contribution in [0.1, 0.15) is 13.8 Å². The van der Waals surface area contributed by atoms with Crippen molar-refractivity contribution in [2.75, 3.05) is 31.4 Å². The smallest absolute Gasteiger partial charge is 0.346 e. The molecule has 0 aliphatic carbocycles. The molecule has 2 rings (SSSR count). The second-order valence-electron chi connectivity index (χ2n) is 4.78. The van der Waals surface area contributed by atoms with Gasteiger partial charge in [-0.15, -0.1) is 0 Å². The molecule has 0 bridgehead atoms. The number of hydrazone groups is 1. The predicted molar refractivity (Wildman–Crippen MR) is 82.0 cm³/mol. The Morgan fingerprint density at radius 2 is 1.90 bits per heavy atom. The Morgan fingerprint density at radius 3 is 2.50 bits per heavy atom. The van der Waals surface area contributed by atoms with Gasteiger partial charge in [0.2, 0.25) is 0 Å². The number of anilines is 1. The molecule has 0 amide bonds. The van der Waals surface area contributed by atoms with Gasteiger partial charge < -0.3 is 9.82 Å². The highest BCUT2D eigenvalue weighted by Crippen LogP contribution is 2.45. The molecule has 0 radical (unpaired) electrons. The van der Waals surface area contributed by atoms with Crippen molar-refractivity contribution in [3.63, 3.8) is 0 Å². The summed E-state index contributed by atoms with van der Waals surface area (Å²) in [5.41, 5.74) is 1.63. The van der Waals surface area contributed by atoms with E-state index in [2.05, 4.69) is 15.4 Å². The molecule has 2 N–H and O–H groups in total. The third-order valence-corrected chi connectivity index (χ3v) is 4.98. The zero-order chi connectivity index (χ0) is 14.4. The molecule has 1 aromatic carbocycles. The number of nitrogens with zero attached hydrogens (tertiary/aromatic N) is 2. The predicted octanol–water partition coefficient (Wildman–Crippen LogP) is 2.52. The minimum absolute atomic E-state index is 0.580. The summed E-state index contributed by atoms with van der Waals surface area (Å²) >= 11 is 0. The molecule has 1 heterocycles. The zero-order valence-electron chi connectivity index (χ0n) is 11.9. The number of hydrogen-bond acceptors (Lipinski definition) is 3. The first kappa shape index (κ1) is 15.0. The number of rotatable bonds is 5. The molecule has 1 aliphatic rings. The quantitative estimate of drug-likeness (QED) is 0.496. The van der Waals surface area contributed by atoms with Crippen LogP contribution >= 0.6 is 7.59 Å². The summed E-state index contributed by atoms with van der Waals surface area (Å²) in [4.78, 5) is 0. The molecular weight excluding hydrogens is 275 g/mol. The van der Waals surface area contributed by atoms with Gasteiger partial charge in [0, 0.05) is 24.5 Å². The first-order valence-electron chi connectivity index (χ1n) is 6.65. The second kappa shape index (κ2) is 6.88. The molecule has 0 saturated carbocycles. The average molecular weight is 296 g/mol. The van der Waals surface area contributed by atoms with Crippen LogP contribution in [0.25, 0.3) is 0 Å². The van der Waals surface area contributed by atoms with Crippen molar-refractivity contribution in [1.82, 2.24) is 9.87 Å². The monoisotopic (exact) mass is 296 g/mol. The maximum Gasteiger partial charge on any atom is 0.346 e. The van der Waals surface area contributed by atoms with Crippen LogP contribution in [0.3, 0.4) is 0 Å². The maximum atomic E-state index is 13.2. The number of para-hydroxylation sites is 1. The van der Waals surface area contributed by atoms with Crippen LogP contribution in [0.2, 0.25) is 0 Å². The van der Waals surface area contributed by atoms with Crippen LogP contribution in [0.15, 0.2) is 35.4 Å². The summed E-state index contributed by atoms with van der Waals surface area (Å²) in [6, 6.07) is 9.50. The maximum absolute atomic E-state index is 13.2. The van der Waals surface area contributed by atoms with Crippen LogP contribution < -0.4 is 10.3 Å². The van der Waals surface area contributed by atoms with Crippen molar-refractivity contribution in [1.29, 1.82) is 0 Å². The molecule has 1 aliphatic heterocycles. The largest absolute Gasteiger partial charge is 0.379 e. The molecule has 20 heavy (non-hydrogen) atoms. The lowest BCUT2D eigenvalue weighted by Crippen LogP contribution is -2.39. The van der Waals surface area contributed by atoms with E-state index in [1.165, 1.54) is 0 Å². The Balaban J connectivity index is 2.18. The lowest BCUT2D eigenvalue weighted by atomic mass is 10.3. The van der Waals surface area contributed by atoms with E-state index in [1.54, 1.807) is 0 Å². The van der Waals surface area contributed by atoms with Gasteiger partial charge in [0.1, 0.15) is 0 Å². The van der Waals surface area contributed by atoms with Crippen molar-refractivity contribution in [3.05, 3.63) is 30.3 Å². The fraction of sp³-hybridized carbons (Fsp3) is 0.462. The molecule has 7 heteroatoms. The molecule has 6 nitrogen and oxygen atoms in total. The minimum atomic E-state index is -3.00. The van der Waals surface area contributed by atoms with Crippen LogP contribution in [0.5, 0.6) is 0 Å². The second-order valence-corrected chi connectivity index (χ2v) is 6.92. The first-order chi connectivity index (χ1) is 9.60. The highest BCUT2D eigenvalue weighted by Gasteiger charge is 2.32. The summed E-state index contributed by atoms with van der Waals surface area (Å²) in [6.45, 7) is 6.11. The molecule has 1 saturated heterocycles. The SMILES string of the molecule is CC(C)=NNP(=O)(Nc1ccccc1)N1CCOCC1. The standard InChI is InChI=1S/C13H21N4O2P/c1-12(2)14-16-20(18,17-8-10-19-11-9-17)15-13-6-4-3-5-7-13/h3-7H,8-11H2,1-2H3,(H2,15,16,18). The van der Waals surface area contributed by atoms with E-state index in [-0.39, 0.29) is 0 Å². The molecule has 0 spiro atoms. The Hall–Kier alpha value is -1.36. The van der Waals surface area contributed by atoms with Gasteiger partial charge in [0.25, 0.3) is 0 Å². The summed E-state index contributed by atoms with van der Waals surface area (Å²) in [5, 5.41) is 10.0. The highest BCUT2D eigenvalue weighted by atomic mass is 31.2. The molecule has 0 aromatic heterocycles. The number of ether oxygens (including phenoxy) is 1. The van der Waals surface area contributed by atoms with E-state index in [4.69, 9.17) is 4.74 Å². The molecule has 110 valence electrons. The van der Waals surface area contributed by atoms with E-state index in [0.29, 0.717) is 26.3 Å². The van der Waals surface area contributed by atoms with Gasteiger partial charge in [-0.05, 0) is 26.0 Å². The Morgan fingerprint density at radius 1 is 1.25 bits per heavy atom. The van der Waals surface area contributed by atoms with Crippen LogP contribution in [0.4, 0.5) is 5.69 Å². The lowest BCUT2D eigenvalue weighted by Gasteiger charge is -2.34. The van der Waals surface area contributed by atoms with Crippen LogP contribution in [0, 0.1) is 0 Å². The van der Waals surface area contributed by atoms with Gasteiger partial charge in [0.05, 0.1) is 13.2 Å². The van der Waals surface area contributed by atoms with E-state index >= 15 is 0 Å². The fourth-order valence-corrected chi connectivity index (χ4v) is 3.73. The van der Waals surface area contributed by atoms with E-state index in [9.17, 15) is 4.57 Å². The molecule has 1 fully saturated rings. The number of morpholine rings is 1. The zero-order valence-corrected chi connectivity index (χ0v) is 12.8. The minimum Gasteiger partial charge on any atom is -0.379 e. The molecule has 1 unspecified atom stereocenters. The summed E-state index contributed by atoms with van der Waals surface area (Å²) in [5.74, 6) is 0. The normalized spacial score (nSPS) is 18.9. The van der Waals surface area contributed by atoms with Crippen LogP contribution in [-0.2, 0) is 9.30 Å². The molecule has 1 aromatic rings. The van der Waals surface area contributed by atoms with Crippen LogP contribution in [-0.4, -0.2) is 36.7 Å². The van der Waals surface area contributed by atoms with E-state index in [0.717, 1.165) is 11.4 Å². The van der Waals surface area contributed by atoms with Crippen molar-refractivity contribution in [2.24, 2.45) is 5.10 Å². The molecule has 1 atom stereocenters. The summed E-state index contributed by atoms with van der Waals surface area (Å²) in [7, 11) is -3.00. The van der Waals surface area contributed by atoms with Gasteiger partial charge in [-0.1, -0.05) is 18.2 Å². The van der Waals surface area contributed by atoms with Gasteiger partial charge in [-0.25, -0.2) is 9.87 Å². The third-order valence-electron chi connectivity index (χ3n) is 2.85. The number of benzene rings is 1. The topological polar surface area (TPSA) is 66.0 Å². The van der Waals surface area contributed by atoms with Gasteiger partial charge in [0.15, 0.2) is 0 Å². The average Bonchev–Trinajstić information content (AvgIpc) is 2.47. The van der Waals surface area contributed by atoms with Crippen molar-refractivity contribution in [3.8, 4) is 0 Å². The van der Waals surface area contributed by atoms with E-state index < -0.39 is 7.59 Å². The van der Waals surface area contributed by atoms with Crippen molar-refractivity contribution < 1.29 is 9.30 Å². The number of nitrogens with one attached hydrogen (secondary N) is 2. The Bertz CT molecular complexity index is 496. The van der Waals surface area contributed by atoms with Crippen molar-refractivity contribution >= 4 is 19.0 Å². The Kier molecular flexibility index (Phi) is 5.17. The van der Waals surface area contributed by atoms with Crippen molar-refractivity contribution in [2.45, 2.75) is 13.8 Å².